The fourth-order valence-corrected chi connectivity index (χ4v) is 4.64. The highest BCUT2D eigenvalue weighted by Crippen LogP contribution is 2.26. The standard InChI is InChI=1S/C21H22Cl2N2O4S/c1-13(16-7-6-15(22)10-17(16)23)24-19(26)12-29-21(28)14-4-2-8-25(11-14)20(27)18-5-3-9-30-18/h3,5-7,9-10,13-14H,2,4,8,11-12H2,1H3,(H,24,26). The maximum absolute atomic E-state index is 12.5. The Morgan fingerprint density at radius 1 is 1.30 bits per heavy atom. The van der Waals surface area contributed by atoms with Gasteiger partial charge in [0, 0.05) is 23.1 Å². The minimum Gasteiger partial charge on any atom is -0.455 e. The van der Waals surface area contributed by atoms with E-state index < -0.39 is 17.8 Å². The third-order valence-corrected chi connectivity index (χ3v) is 6.35. The second kappa shape index (κ2) is 10.3. The predicted molar refractivity (Wildman–Crippen MR) is 117 cm³/mol. The second-order valence-electron chi connectivity index (χ2n) is 7.13. The van der Waals surface area contributed by atoms with Gasteiger partial charge in [0.15, 0.2) is 6.61 Å². The quantitative estimate of drug-likeness (QED) is 0.640. The van der Waals surface area contributed by atoms with Crippen molar-refractivity contribution in [3.63, 3.8) is 0 Å². The minimum absolute atomic E-state index is 0.0751. The number of likely N-dealkylation sites (tertiary alicyclic amines) is 1. The molecule has 0 aliphatic carbocycles. The van der Waals surface area contributed by atoms with E-state index in [0.29, 0.717) is 34.4 Å². The molecule has 6 nitrogen and oxygen atoms in total. The van der Waals surface area contributed by atoms with Crippen LogP contribution in [0, 0.1) is 5.92 Å². The summed E-state index contributed by atoms with van der Waals surface area (Å²) in [6.07, 6.45) is 1.35. The van der Waals surface area contributed by atoms with Crippen LogP contribution in [0.2, 0.25) is 10.0 Å². The highest BCUT2D eigenvalue weighted by atomic mass is 35.5. The molecular weight excluding hydrogens is 447 g/mol. The molecule has 1 N–H and O–H groups in total. The Morgan fingerprint density at radius 2 is 2.10 bits per heavy atom. The van der Waals surface area contributed by atoms with Gasteiger partial charge in [-0.1, -0.05) is 35.3 Å². The first-order valence-electron chi connectivity index (χ1n) is 9.59. The summed E-state index contributed by atoms with van der Waals surface area (Å²) in [5.74, 6) is -1.40. The van der Waals surface area contributed by atoms with Gasteiger partial charge in [-0.25, -0.2) is 0 Å². The number of amides is 2. The Labute approximate surface area is 189 Å². The van der Waals surface area contributed by atoms with E-state index in [9.17, 15) is 14.4 Å². The van der Waals surface area contributed by atoms with Crippen LogP contribution >= 0.6 is 34.5 Å². The lowest BCUT2D eigenvalue weighted by molar-refractivity contribution is -0.154. The largest absolute Gasteiger partial charge is 0.455 e. The molecule has 30 heavy (non-hydrogen) atoms. The summed E-state index contributed by atoms with van der Waals surface area (Å²) in [5, 5.41) is 5.56. The van der Waals surface area contributed by atoms with Crippen LogP contribution in [0.1, 0.15) is 41.0 Å². The zero-order chi connectivity index (χ0) is 21.7. The van der Waals surface area contributed by atoms with Gasteiger partial charge in [-0.2, -0.15) is 0 Å². The van der Waals surface area contributed by atoms with Crippen molar-refractivity contribution in [1.82, 2.24) is 10.2 Å². The zero-order valence-corrected chi connectivity index (χ0v) is 18.7. The maximum Gasteiger partial charge on any atom is 0.311 e. The number of carbonyl (C=O) groups is 3. The molecule has 1 aromatic heterocycles. The van der Waals surface area contributed by atoms with Crippen molar-refractivity contribution in [3.8, 4) is 0 Å². The molecule has 1 aliphatic heterocycles. The average molecular weight is 469 g/mol. The SMILES string of the molecule is CC(NC(=O)COC(=O)C1CCCN(C(=O)c2cccs2)C1)c1ccc(Cl)cc1Cl. The van der Waals surface area contributed by atoms with Crippen molar-refractivity contribution >= 4 is 52.3 Å². The van der Waals surface area contributed by atoms with E-state index in [2.05, 4.69) is 5.32 Å². The molecule has 2 unspecified atom stereocenters. The van der Waals surface area contributed by atoms with E-state index in [-0.39, 0.29) is 18.6 Å². The van der Waals surface area contributed by atoms with Crippen LogP contribution in [0.3, 0.4) is 0 Å². The van der Waals surface area contributed by atoms with E-state index in [1.807, 2.05) is 11.4 Å². The maximum atomic E-state index is 12.5. The Morgan fingerprint density at radius 3 is 2.80 bits per heavy atom. The molecule has 9 heteroatoms. The first-order chi connectivity index (χ1) is 14.3. The van der Waals surface area contributed by atoms with Crippen molar-refractivity contribution in [3.05, 3.63) is 56.2 Å². The van der Waals surface area contributed by atoms with Crippen molar-refractivity contribution in [2.45, 2.75) is 25.8 Å². The normalized spacial score (nSPS) is 17.3. The number of piperidine rings is 1. The lowest BCUT2D eigenvalue weighted by Crippen LogP contribution is -2.43. The van der Waals surface area contributed by atoms with E-state index in [1.54, 1.807) is 36.1 Å². The molecule has 2 aromatic rings. The highest BCUT2D eigenvalue weighted by Gasteiger charge is 2.30. The van der Waals surface area contributed by atoms with Gasteiger partial charge in [-0.05, 0) is 48.9 Å². The highest BCUT2D eigenvalue weighted by molar-refractivity contribution is 7.12. The number of hydrogen-bond acceptors (Lipinski definition) is 5. The first-order valence-corrected chi connectivity index (χ1v) is 11.2. The summed E-state index contributed by atoms with van der Waals surface area (Å²) in [4.78, 5) is 39.5. The van der Waals surface area contributed by atoms with Crippen LogP contribution in [-0.2, 0) is 14.3 Å². The molecule has 0 bridgehead atoms. The predicted octanol–water partition coefficient (Wildman–Crippen LogP) is 4.33. The molecule has 0 saturated carbocycles. The van der Waals surface area contributed by atoms with Crippen LogP contribution < -0.4 is 5.32 Å². The van der Waals surface area contributed by atoms with E-state index in [4.69, 9.17) is 27.9 Å². The van der Waals surface area contributed by atoms with E-state index in [1.165, 1.54) is 11.3 Å². The molecule has 160 valence electrons. The van der Waals surface area contributed by atoms with Gasteiger partial charge in [0.05, 0.1) is 16.8 Å². The molecule has 0 radical (unpaired) electrons. The van der Waals surface area contributed by atoms with Crippen molar-refractivity contribution in [2.24, 2.45) is 5.92 Å². The Bertz CT molecular complexity index is 920. The topological polar surface area (TPSA) is 75.7 Å². The average Bonchev–Trinajstić information content (AvgIpc) is 3.26. The van der Waals surface area contributed by atoms with Gasteiger partial charge in [0.1, 0.15) is 0 Å². The Hall–Kier alpha value is -2.09. The molecular formula is C21H22Cl2N2O4S. The van der Waals surface area contributed by atoms with Crippen LogP contribution in [0.5, 0.6) is 0 Å². The smallest absolute Gasteiger partial charge is 0.311 e. The number of rotatable bonds is 6. The zero-order valence-electron chi connectivity index (χ0n) is 16.4. The fraction of sp³-hybridized carbons (Fsp3) is 0.381. The molecule has 2 atom stereocenters. The van der Waals surface area contributed by atoms with Gasteiger partial charge in [-0.15, -0.1) is 11.3 Å². The number of carbonyl (C=O) groups excluding carboxylic acids is 3. The third kappa shape index (κ3) is 5.74. The summed E-state index contributed by atoms with van der Waals surface area (Å²) in [5.41, 5.74) is 0.718. The molecule has 0 spiro atoms. The summed E-state index contributed by atoms with van der Waals surface area (Å²) in [6.45, 7) is 2.31. The molecule has 2 amide bonds. The number of nitrogens with one attached hydrogen (secondary N) is 1. The summed E-state index contributed by atoms with van der Waals surface area (Å²) < 4.78 is 5.21. The number of esters is 1. The Kier molecular flexibility index (Phi) is 7.75. The van der Waals surface area contributed by atoms with Crippen molar-refractivity contribution in [2.75, 3.05) is 19.7 Å². The van der Waals surface area contributed by atoms with Crippen LogP contribution in [0.15, 0.2) is 35.7 Å². The van der Waals surface area contributed by atoms with Crippen LogP contribution in [0.4, 0.5) is 0 Å². The number of ether oxygens (including phenoxy) is 1. The lowest BCUT2D eigenvalue weighted by atomic mass is 9.98. The molecule has 3 rings (SSSR count). The third-order valence-electron chi connectivity index (χ3n) is 4.93. The summed E-state index contributed by atoms with van der Waals surface area (Å²) in [6, 6.07) is 8.26. The number of benzene rings is 1. The van der Waals surface area contributed by atoms with Gasteiger partial charge >= 0.3 is 5.97 Å². The van der Waals surface area contributed by atoms with Gasteiger partial charge in [0.25, 0.3) is 11.8 Å². The molecule has 1 saturated heterocycles. The van der Waals surface area contributed by atoms with Crippen LogP contribution in [0.25, 0.3) is 0 Å². The molecule has 1 aromatic carbocycles. The number of thiophene rings is 1. The molecule has 1 fully saturated rings. The first kappa shape index (κ1) is 22.6. The fourth-order valence-electron chi connectivity index (χ4n) is 3.38. The number of hydrogen-bond donors (Lipinski definition) is 1. The number of nitrogens with zero attached hydrogens (tertiary/aromatic N) is 1. The van der Waals surface area contributed by atoms with Crippen LogP contribution in [-0.4, -0.2) is 42.4 Å². The summed E-state index contributed by atoms with van der Waals surface area (Å²) >= 11 is 13.4. The van der Waals surface area contributed by atoms with E-state index >= 15 is 0 Å². The van der Waals surface area contributed by atoms with E-state index in [0.717, 1.165) is 12.0 Å². The monoisotopic (exact) mass is 468 g/mol. The van der Waals surface area contributed by atoms with Gasteiger partial charge in [0.2, 0.25) is 0 Å². The Balaban J connectivity index is 1.48. The second-order valence-corrected chi connectivity index (χ2v) is 8.92. The van der Waals surface area contributed by atoms with Gasteiger partial charge < -0.3 is 15.0 Å². The lowest BCUT2D eigenvalue weighted by Gasteiger charge is -2.31. The van der Waals surface area contributed by atoms with Crippen molar-refractivity contribution in [1.29, 1.82) is 0 Å². The number of halogens is 2. The molecule has 2 heterocycles. The minimum atomic E-state index is -0.467. The summed E-state index contributed by atoms with van der Waals surface area (Å²) in [7, 11) is 0. The van der Waals surface area contributed by atoms with Crippen molar-refractivity contribution < 1.29 is 19.1 Å². The molecule has 1 aliphatic rings. The van der Waals surface area contributed by atoms with Gasteiger partial charge in [-0.3, -0.25) is 14.4 Å².